The monoisotopic (exact) mass is 227 g/mol. The number of nitrogens with zero attached hydrogens (tertiary/aromatic N) is 1. The lowest BCUT2D eigenvalue weighted by atomic mass is 9.99. The zero-order valence-corrected chi connectivity index (χ0v) is 10.2. The summed E-state index contributed by atoms with van der Waals surface area (Å²) in [5.74, 6) is 0.871. The average Bonchev–Trinajstić information content (AvgIpc) is 2.66. The molecular weight excluding hydrogens is 210 g/mol. The van der Waals surface area contributed by atoms with Gasteiger partial charge in [0.25, 0.3) is 0 Å². The summed E-state index contributed by atoms with van der Waals surface area (Å²) in [7, 11) is 0. The minimum atomic E-state index is 0.102. The molecule has 88 valence electrons. The van der Waals surface area contributed by atoms with Crippen molar-refractivity contribution in [3.8, 4) is 11.8 Å². The zero-order valence-electron chi connectivity index (χ0n) is 10.2. The molecule has 2 rings (SSSR count). The van der Waals surface area contributed by atoms with E-state index in [0.29, 0.717) is 5.56 Å². The Morgan fingerprint density at radius 3 is 2.94 bits per heavy atom. The second kappa shape index (κ2) is 5.05. The molecule has 1 aromatic carbocycles. The molecule has 0 fully saturated rings. The number of fused-ring (bicyclic) bond motifs is 1. The summed E-state index contributed by atoms with van der Waals surface area (Å²) >= 11 is 0. The summed E-state index contributed by atoms with van der Waals surface area (Å²) in [6.45, 7) is 6.29. The third-order valence-electron chi connectivity index (χ3n) is 3.18. The van der Waals surface area contributed by atoms with Crippen LogP contribution in [0.3, 0.4) is 0 Å². The highest BCUT2D eigenvalue weighted by molar-refractivity contribution is 5.76. The molecule has 0 saturated heterocycles. The molecule has 0 bridgehead atoms. The molecule has 0 radical (unpaired) electrons. The highest BCUT2D eigenvalue weighted by atomic mass is 16.5. The van der Waals surface area contributed by atoms with E-state index in [-0.39, 0.29) is 6.10 Å². The van der Waals surface area contributed by atoms with E-state index in [9.17, 15) is 0 Å². The van der Waals surface area contributed by atoms with Gasteiger partial charge in [-0.3, -0.25) is 0 Å². The fourth-order valence-corrected chi connectivity index (χ4v) is 2.16. The Morgan fingerprint density at radius 2 is 2.24 bits per heavy atom. The Bertz CT molecular complexity index is 470. The maximum Gasteiger partial charge on any atom is 0.127 e. The minimum absolute atomic E-state index is 0.102. The molecule has 0 amide bonds. The summed E-state index contributed by atoms with van der Waals surface area (Å²) in [5.41, 5.74) is 2.70. The summed E-state index contributed by atoms with van der Waals surface area (Å²) < 4.78 is 5.86. The third-order valence-corrected chi connectivity index (χ3v) is 3.18. The fourth-order valence-electron chi connectivity index (χ4n) is 2.16. The standard InChI is InChI=1S/C15H17NO/c1-3-4-5-6-14-11(2)13-9-12(10-16)7-8-15(13)17-14/h7-9,14H,2-6H2,1H3. The second-order valence-corrected chi connectivity index (χ2v) is 4.45. The predicted octanol–water partition coefficient (Wildman–Crippen LogP) is 3.91. The molecule has 0 aliphatic carbocycles. The molecule has 2 nitrogen and oxygen atoms in total. The van der Waals surface area contributed by atoms with Gasteiger partial charge in [0.05, 0.1) is 11.6 Å². The summed E-state index contributed by atoms with van der Waals surface area (Å²) in [6.07, 6.45) is 4.73. The van der Waals surface area contributed by atoms with Crippen LogP contribution in [0, 0.1) is 11.3 Å². The molecule has 0 N–H and O–H groups in total. The van der Waals surface area contributed by atoms with Crippen LogP contribution in [0.2, 0.25) is 0 Å². The summed E-state index contributed by atoms with van der Waals surface area (Å²) in [6, 6.07) is 7.69. The van der Waals surface area contributed by atoms with Gasteiger partial charge in [-0.25, -0.2) is 0 Å². The van der Waals surface area contributed by atoms with Crippen molar-refractivity contribution in [3.05, 3.63) is 35.9 Å². The first kappa shape index (κ1) is 11.7. The number of nitriles is 1. The van der Waals surface area contributed by atoms with E-state index in [1.165, 1.54) is 19.3 Å². The zero-order chi connectivity index (χ0) is 12.3. The Balaban J connectivity index is 2.10. The van der Waals surface area contributed by atoms with Crippen LogP contribution in [0.5, 0.6) is 5.75 Å². The van der Waals surface area contributed by atoms with Gasteiger partial charge in [-0.2, -0.15) is 5.26 Å². The van der Waals surface area contributed by atoms with Crippen LogP contribution in [-0.4, -0.2) is 6.10 Å². The van der Waals surface area contributed by atoms with Gasteiger partial charge in [0.2, 0.25) is 0 Å². The average molecular weight is 227 g/mol. The number of rotatable bonds is 4. The lowest BCUT2D eigenvalue weighted by Gasteiger charge is -2.10. The largest absolute Gasteiger partial charge is 0.485 e. The van der Waals surface area contributed by atoms with Crippen LogP contribution in [0.1, 0.15) is 43.7 Å². The van der Waals surface area contributed by atoms with Crippen molar-refractivity contribution in [1.82, 2.24) is 0 Å². The molecule has 1 heterocycles. The third kappa shape index (κ3) is 2.34. The Kier molecular flexibility index (Phi) is 3.49. The smallest absolute Gasteiger partial charge is 0.127 e. The maximum atomic E-state index is 8.87. The van der Waals surface area contributed by atoms with Gasteiger partial charge in [0, 0.05) is 5.56 Å². The van der Waals surface area contributed by atoms with Crippen LogP contribution < -0.4 is 4.74 Å². The molecule has 1 aliphatic heterocycles. The van der Waals surface area contributed by atoms with Crippen molar-refractivity contribution in [2.75, 3.05) is 0 Å². The van der Waals surface area contributed by atoms with Crippen LogP contribution in [0.25, 0.3) is 5.57 Å². The van der Waals surface area contributed by atoms with Gasteiger partial charge in [0.15, 0.2) is 0 Å². The highest BCUT2D eigenvalue weighted by Gasteiger charge is 2.26. The lowest BCUT2D eigenvalue weighted by Crippen LogP contribution is -2.10. The summed E-state index contributed by atoms with van der Waals surface area (Å²) in [4.78, 5) is 0. The molecule has 1 unspecified atom stereocenters. The number of ether oxygens (including phenoxy) is 1. The van der Waals surface area contributed by atoms with E-state index in [2.05, 4.69) is 19.6 Å². The molecule has 1 aliphatic rings. The van der Waals surface area contributed by atoms with Crippen molar-refractivity contribution >= 4 is 5.57 Å². The molecular formula is C15H17NO. The van der Waals surface area contributed by atoms with Gasteiger partial charge < -0.3 is 4.74 Å². The highest BCUT2D eigenvalue weighted by Crippen LogP contribution is 2.38. The van der Waals surface area contributed by atoms with Crippen LogP contribution in [0.15, 0.2) is 24.8 Å². The van der Waals surface area contributed by atoms with E-state index in [1.54, 1.807) is 6.07 Å². The van der Waals surface area contributed by atoms with Gasteiger partial charge in [0.1, 0.15) is 11.9 Å². The summed E-state index contributed by atoms with van der Waals surface area (Å²) in [5, 5.41) is 8.87. The van der Waals surface area contributed by atoms with Crippen LogP contribution in [-0.2, 0) is 0 Å². The topological polar surface area (TPSA) is 33.0 Å². The minimum Gasteiger partial charge on any atom is -0.485 e. The van der Waals surface area contributed by atoms with Gasteiger partial charge in [-0.1, -0.05) is 26.3 Å². The Hall–Kier alpha value is -1.75. The molecule has 0 spiro atoms. The normalized spacial score (nSPS) is 17.4. The maximum absolute atomic E-state index is 8.87. The van der Waals surface area contributed by atoms with E-state index < -0.39 is 0 Å². The van der Waals surface area contributed by atoms with Crippen molar-refractivity contribution in [1.29, 1.82) is 5.26 Å². The Labute approximate surface area is 103 Å². The van der Waals surface area contributed by atoms with E-state index in [1.807, 2.05) is 12.1 Å². The second-order valence-electron chi connectivity index (χ2n) is 4.45. The molecule has 1 aromatic rings. The van der Waals surface area contributed by atoms with Crippen LogP contribution >= 0.6 is 0 Å². The van der Waals surface area contributed by atoms with E-state index >= 15 is 0 Å². The van der Waals surface area contributed by atoms with Gasteiger partial charge in [-0.05, 0) is 36.6 Å². The van der Waals surface area contributed by atoms with Crippen molar-refractivity contribution in [3.63, 3.8) is 0 Å². The van der Waals surface area contributed by atoms with Crippen molar-refractivity contribution in [2.24, 2.45) is 0 Å². The number of hydrogen-bond acceptors (Lipinski definition) is 2. The first-order valence-corrected chi connectivity index (χ1v) is 6.16. The molecule has 2 heteroatoms. The van der Waals surface area contributed by atoms with Crippen LogP contribution in [0.4, 0.5) is 0 Å². The van der Waals surface area contributed by atoms with E-state index in [0.717, 1.165) is 23.3 Å². The SMILES string of the molecule is C=C1c2cc(C#N)ccc2OC1CCCCC. The quantitative estimate of drug-likeness (QED) is 0.730. The molecule has 0 aromatic heterocycles. The first-order valence-electron chi connectivity index (χ1n) is 6.16. The molecule has 17 heavy (non-hydrogen) atoms. The number of benzene rings is 1. The molecule has 0 saturated carbocycles. The Morgan fingerprint density at radius 1 is 1.41 bits per heavy atom. The van der Waals surface area contributed by atoms with Crippen molar-refractivity contribution < 1.29 is 4.74 Å². The predicted molar refractivity (Wildman–Crippen MR) is 68.7 cm³/mol. The number of unbranched alkanes of at least 4 members (excludes halogenated alkanes) is 2. The lowest BCUT2D eigenvalue weighted by molar-refractivity contribution is 0.259. The molecule has 1 atom stereocenters. The van der Waals surface area contributed by atoms with Gasteiger partial charge >= 0.3 is 0 Å². The number of hydrogen-bond donors (Lipinski definition) is 0. The van der Waals surface area contributed by atoms with Crippen molar-refractivity contribution in [2.45, 2.75) is 38.7 Å². The first-order chi connectivity index (χ1) is 8.26. The van der Waals surface area contributed by atoms with Gasteiger partial charge in [-0.15, -0.1) is 0 Å². The fraction of sp³-hybridized carbons (Fsp3) is 0.400. The van der Waals surface area contributed by atoms with E-state index in [4.69, 9.17) is 10.00 Å².